The Kier molecular flexibility index (Phi) is 5.53. The minimum absolute atomic E-state index is 0.191. The van der Waals surface area contributed by atoms with Crippen molar-refractivity contribution in [3.05, 3.63) is 83.7 Å². The number of nitrogens with one attached hydrogen (secondary N) is 1. The average molecular weight is 348 g/mol. The van der Waals surface area contributed by atoms with Crippen LogP contribution in [0.5, 0.6) is 5.75 Å². The molecular weight excluding hydrogens is 328 g/mol. The fourth-order valence-electron chi connectivity index (χ4n) is 2.38. The molecule has 1 aromatic carbocycles. The van der Waals surface area contributed by atoms with Crippen LogP contribution in [-0.4, -0.2) is 20.9 Å². The summed E-state index contributed by atoms with van der Waals surface area (Å²) < 4.78 is 5.79. The van der Waals surface area contributed by atoms with Gasteiger partial charge in [-0.3, -0.25) is 14.8 Å². The number of pyridine rings is 1. The molecule has 0 saturated heterocycles. The number of hydrogen-bond donors (Lipinski definition) is 1. The lowest BCUT2D eigenvalue weighted by Crippen LogP contribution is -2.27. The van der Waals surface area contributed by atoms with Gasteiger partial charge in [-0.2, -0.15) is 0 Å². The Hall–Kier alpha value is -3.28. The van der Waals surface area contributed by atoms with E-state index in [1.54, 1.807) is 12.4 Å². The highest BCUT2D eigenvalue weighted by Gasteiger charge is 2.13. The Balaban J connectivity index is 1.63. The number of amides is 1. The third-order valence-electron chi connectivity index (χ3n) is 3.83. The lowest BCUT2D eigenvalue weighted by Gasteiger charge is -2.15. The van der Waals surface area contributed by atoms with Gasteiger partial charge < -0.3 is 10.1 Å². The smallest absolute Gasteiger partial charge is 0.271 e. The van der Waals surface area contributed by atoms with Gasteiger partial charge in [-0.1, -0.05) is 18.2 Å². The number of ether oxygens (including phenoxy) is 1. The van der Waals surface area contributed by atoms with Crippen molar-refractivity contribution in [3.63, 3.8) is 0 Å². The fourth-order valence-corrected chi connectivity index (χ4v) is 2.38. The number of aryl methyl sites for hydroxylation is 1. The molecule has 6 nitrogen and oxygen atoms in total. The summed E-state index contributed by atoms with van der Waals surface area (Å²) in [6.45, 7) is 4.13. The molecule has 3 rings (SSSR count). The van der Waals surface area contributed by atoms with Crippen molar-refractivity contribution in [1.82, 2.24) is 20.3 Å². The van der Waals surface area contributed by atoms with E-state index < -0.39 is 0 Å². The third-order valence-corrected chi connectivity index (χ3v) is 3.83. The van der Waals surface area contributed by atoms with Gasteiger partial charge in [0.05, 0.1) is 23.6 Å². The predicted molar refractivity (Wildman–Crippen MR) is 97.7 cm³/mol. The molecular formula is C20H20N4O2. The van der Waals surface area contributed by atoms with Gasteiger partial charge >= 0.3 is 0 Å². The highest BCUT2D eigenvalue weighted by Crippen LogP contribution is 2.20. The second kappa shape index (κ2) is 8.20. The SMILES string of the molecule is Cc1cnc(C(=O)NC(C)c2cccc(OCc3ccccn3)c2)cn1. The van der Waals surface area contributed by atoms with Crippen LogP contribution in [0.15, 0.2) is 61.1 Å². The van der Waals surface area contributed by atoms with Crippen molar-refractivity contribution in [2.45, 2.75) is 26.5 Å². The minimum atomic E-state index is -0.259. The molecule has 0 aliphatic heterocycles. The zero-order valence-corrected chi connectivity index (χ0v) is 14.7. The first-order valence-electron chi connectivity index (χ1n) is 8.34. The molecule has 3 aromatic rings. The van der Waals surface area contributed by atoms with Crippen molar-refractivity contribution < 1.29 is 9.53 Å². The highest BCUT2D eigenvalue weighted by molar-refractivity contribution is 5.92. The molecule has 0 radical (unpaired) electrons. The molecule has 26 heavy (non-hydrogen) atoms. The molecule has 0 aliphatic rings. The zero-order chi connectivity index (χ0) is 18.4. The first-order chi connectivity index (χ1) is 12.6. The van der Waals surface area contributed by atoms with Crippen molar-refractivity contribution in [3.8, 4) is 5.75 Å². The van der Waals surface area contributed by atoms with Crippen LogP contribution in [0, 0.1) is 6.92 Å². The molecule has 0 spiro atoms. The van der Waals surface area contributed by atoms with Crippen molar-refractivity contribution in [2.24, 2.45) is 0 Å². The van der Waals surface area contributed by atoms with Crippen LogP contribution >= 0.6 is 0 Å². The number of benzene rings is 1. The van der Waals surface area contributed by atoms with Crippen LogP contribution in [-0.2, 0) is 6.61 Å². The van der Waals surface area contributed by atoms with Crippen LogP contribution < -0.4 is 10.1 Å². The molecule has 2 aromatic heterocycles. The van der Waals surface area contributed by atoms with E-state index in [2.05, 4.69) is 20.3 Å². The van der Waals surface area contributed by atoms with E-state index in [0.29, 0.717) is 12.3 Å². The maximum Gasteiger partial charge on any atom is 0.271 e. The summed E-state index contributed by atoms with van der Waals surface area (Å²) in [5.41, 5.74) is 2.87. The van der Waals surface area contributed by atoms with Crippen molar-refractivity contribution >= 4 is 5.91 Å². The number of hydrogen-bond acceptors (Lipinski definition) is 5. The van der Waals surface area contributed by atoms with Crippen LogP contribution in [0.3, 0.4) is 0 Å². The average Bonchev–Trinajstić information content (AvgIpc) is 2.68. The number of carbonyl (C=O) groups excluding carboxylic acids is 1. The van der Waals surface area contributed by atoms with E-state index in [9.17, 15) is 4.79 Å². The van der Waals surface area contributed by atoms with Crippen LogP contribution in [0.25, 0.3) is 0 Å². The Labute approximate surface area is 152 Å². The van der Waals surface area contributed by atoms with Gasteiger partial charge in [-0.25, -0.2) is 4.98 Å². The summed E-state index contributed by atoms with van der Waals surface area (Å²) in [5.74, 6) is 0.467. The predicted octanol–water partition coefficient (Wildman–Crippen LogP) is 3.25. The fraction of sp³-hybridized carbons (Fsp3) is 0.200. The molecule has 6 heteroatoms. The van der Waals surface area contributed by atoms with E-state index in [1.165, 1.54) is 6.20 Å². The summed E-state index contributed by atoms with van der Waals surface area (Å²) in [6.07, 6.45) is 4.79. The van der Waals surface area contributed by atoms with Gasteiger partial charge in [-0.05, 0) is 43.7 Å². The van der Waals surface area contributed by atoms with Gasteiger partial charge in [0, 0.05) is 12.4 Å². The Morgan fingerprint density at radius 2 is 2.00 bits per heavy atom. The summed E-state index contributed by atoms with van der Waals surface area (Å²) in [5, 5.41) is 2.92. The largest absolute Gasteiger partial charge is 0.487 e. The highest BCUT2D eigenvalue weighted by atomic mass is 16.5. The number of aromatic nitrogens is 3. The van der Waals surface area contributed by atoms with E-state index in [4.69, 9.17) is 4.74 Å². The van der Waals surface area contributed by atoms with Crippen molar-refractivity contribution in [2.75, 3.05) is 0 Å². The minimum Gasteiger partial charge on any atom is -0.487 e. The van der Waals surface area contributed by atoms with Crippen LogP contribution in [0.4, 0.5) is 0 Å². The molecule has 132 valence electrons. The maximum absolute atomic E-state index is 12.3. The normalized spacial score (nSPS) is 11.6. The third kappa shape index (κ3) is 4.63. The molecule has 1 unspecified atom stereocenters. The van der Waals surface area contributed by atoms with Gasteiger partial charge in [0.2, 0.25) is 0 Å². The summed E-state index contributed by atoms with van der Waals surface area (Å²) in [7, 11) is 0. The van der Waals surface area contributed by atoms with Crippen LogP contribution in [0.1, 0.15) is 40.4 Å². The zero-order valence-electron chi connectivity index (χ0n) is 14.7. The standard InChI is InChI=1S/C20H20N4O2/c1-14-11-23-19(12-22-14)20(25)24-15(2)16-6-5-8-18(10-16)26-13-17-7-3-4-9-21-17/h3-12,15H,13H2,1-2H3,(H,24,25). The maximum atomic E-state index is 12.3. The molecule has 0 fully saturated rings. The molecule has 1 atom stereocenters. The number of carbonyl (C=O) groups is 1. The summed E-state index contributed by atoms with van der Waals surface area (Å²) in [4.78, 5) is 24.7. The molecule has 2 heterocycles. The molecule has 0 aliphatic carbocycles. The van der Waals surface area contributed by atoms with Crippen LogP contribution in [0.2, 0.25) is 0 Å². The Morgan fingerprint density at radius 1 is 1.12 bits per heavy atom. The topological polar surface area (TPSA) is 77.0 Å². The monoisotopic (exact) mass is 348 g/mol. The second-order valence-corrected chi connectivity index (χ2v) is 5.92. The lowest BCUT2D eigenvalue weighted by molar-refractivity contribution is 0.0934. The van der Waals surface area contributed by atoms with Crippen molar-refractivity contribution in [1.29, 1.82) is 0 Å². The summed E-state index contributed by atoms with van der Waals surface area (Å²) >= 11 is 0. The quantitative estimate of drug-likeness (QED) is 0.740. The first-order valence-corrected chi connectivity index (χ1v) is 8.34. The molecule has 1 N–H and O–H groups in total. The second-order valence-electron chi connectivity index (χ2n) is 5.92. The van der Waals surface area contributed by atoms with Gasteiger partial charge in [0.25, 0.3) is 5.91 Å². The van der Waals surface area contributed by atoms with Gasteiger partial charge in [0.1, 0.15) is 18.1 Å². The lowest BCUT2D eigenvalue weighted by atomic mass is 10.1. The van der Waals surface area contributed by atoms with E-state index >= 15 is 0 Å². The first kappa shape index (κ1) is 17.5. The van der Waals surface area contributed by atoms with E-state index in [-0.39, 0.29) is 11.9 Å². The Morgan fingerprint density at radius 3 is 2.73 bits per heavy atom. The van der Waals surface area contributed by atoms with Gasteiger partial charge in [-0.15, -0.1) is 0 Å². The van der Waals surface area contributed by atoms with Gasteiger partial charge in [0.15, 0.2) is 0 Å². The molecule has 0 bridgehead atoms. The number of nitrogens with zero attached hydrogens (tertiary/aromatic N) is 3. The van der Waals surface area contributed by atoms with E-state index in [0.717, 1.165) is 22.7 Å². The summed E-state index contributed by atoms with van der Waals surface area (Å²) in [6, 6.07) is 13.2. The number of rotatable bonds is 6. The van der Waals surface area contributed by atoms with E-state index in [1.807, 2.05) is 56.3 Å². The molecule has 1 amide bonds. The molecule has 0 saturated carbocycles. The Bertz CT molecular complexity index is 866.